The van der Waals surface area contributed by atoms with Gasteiger partial charge in [0.05, 0.1) is 13.2 Å². The molecule has 0 aromatic heterocycles. The second-order valence-electron chi connectivity index (χ2n) is 5.57. The van der Waals surface area contributed by atoms with E-state index in [2.05, 4.69) is 46.5 Å². The molecule has 0 unspecified atom stereocenters. The first-order valence-electron chi connectivity index (χ1n) is 5.20. The number of ether oxygens (including phenoxy) is 1. The first-order valence-corrected chi connectivity index (χ1v) is 5.20. The highest BCUT2D eigenvalue weighted by atomic mass is 16.5. The van der Waals surface area contributed by atoms with Gasteiger partial charge in [0.25, 0.3) is 0 Å². The van der Waals surface area contributed by atoms with E-state index in [9.17, 15) is 0 Å². The summed E-state index contributed by atoms with van der Waals surface area (Å²) in [5.74, 6) is 0. The molecule has 0 saturated carbocycles. The molecule has 0 aliphatic heterocycles. The van der Waals surface area contributed by atoms with Crippen molar-refractivity contribution >= 4 is 0 Å². The summed E-state index contributed by atoms with van der Waals surface area (Å²) in [6.45, 7) is 16.9. The lowest BCUT2D eigenvalue weighted by Gasteiger charge is -2.30. The van der Waals surface area contributed by atoms with Gasteiger partial charge in [-0.2, -0.15) is 0 Å². The molecule has 2 nitrogen and oxygen atoms in total. The van der Waals surface area contributed by atoms with Crippen LogP contribution in [0.15, 0.2) is 12.7 Å². The van der Waals surface area contributed by atoms with Crippen molar-refractivity contribution in [3.8, 4) is 0 Å². The fourth-order valence-corrected chi connectivity index (χ4v) is 0.974. The van der Waals surface area contributed by atoms with Crippen LogP contribution in [0.1, 0.15) is 34.6 Å². The molecule has 0 amide bonds. The minimum Gasteiger partial charge on any atom is -0.377 e. The molecule has 0 heterocycles. The van der Waals surface area contributed by atoms with Gasteiger partial charge in [0.2, 0.25) is 0 Å². The van der Waals surface area contributed by atoms with Gasteiger partial charge >= 0.3 is 0 Å². The molecule has 0 bridgehead atoms. The fourth-order valence-electron chi connectivity index (χ4n) is 0.974. The lowest BCUT2D eigenvalue weighted by Crippen LogP contribution is -2.43. The highest BCUT2D eigenvalue weighted by Gasteiger charge is 2.20. The Morgan fingerprint density at radius 2 is 1.79 bits per heavy atom. The quantitative estimate of drug-likeness (QED) is 0.524. The summed E-state index contributed by atoms with van der Waals surface area (Å²) in [4.78, 5) is 0. The smallest absolute Gasteiger partial charge is 0.0645 e. The van der Waals surface area contributed by atoms with Crippen LogP contribution in [0, 0.1) is 5.41 Å². The van der Waals surface area contributed by atoms with Crippen LogP contribution in [-0.2, 0) is 4.74 Å². The number of hydrogen-bond donors (Lipinski definition) is 1. The van der Waals surface area contributed by atoms with Crippen LogP contribution in [0.4, 0.5) is 0 Å². The molecule has 14 heavy (non-hydrogen) atoms. The first kappa shape index (κ1) is 13.7. The Bertz CT molecular complexity index is 168. The summed E-state index contributed by atoms with van der Waals surface area (Å²) in [7, 11) is 0. The highest BCUT2D eigenvalue weighted by Crippen LogP contribution is 2.15. The van der Waals surface area contributed by atoms with Crippen molar-refractivity contribution < 1.29 is 4.74 Å². The maximum atomic E-state index is 5.45. The molecule has 0 fully saturated rings. The Kier molecular flexibility index (Phi) is 5.38. The second-order valence-corrected chi connectivity index (χ2v) is 5.57. The maximum absolute atomic E-state index is 5.45. The molecule has 0 saturated heterocycles. The summed E-state index contributed by atoms with van der Waals surface area (Å²) in [5, 5.41) is 3.48. The van der Waals surface area contributed by atoms with Crippen LogP contribution < -0.4 is 5.32 Å². The molecule has 1 N–H and O–H groups in total. The zero-order valence-corrected chi connectivity index (χ0v) is 10.3. The van der Waals surface area contributed by atoms with Crippen LogP contribution in [0.3, 0.4) is 0 Å². The van der Waals surface area contributed by atoms with Gasteiger partial charge in [0.1, 0.15) is 0 Å². The average Bonchev–Trinajstić information content (AvgIpc) is 2.00. The monoisotopic (exact) mass is 199 g/mol. The molecule has 0 atom stereocenters. The van der Waals surface area contributed by atoms with Crippen LogP contribution in [0.25, 0.3) is 0 Å². The van der Waals surface area contributed by atoms with Crippen molar-refractivity contribution in [2.24, 2.45) is 5.41 Å². The minimum absolute atomic E-state index is 0.176. The first-order chi connectivity index (χ1) is 6.27. The molecular formula is C12H25NO. The van der Waals surface area contributed by atoms with E-state index >= 15 is 0 Å². The van der Waals surface area contributed by atoms with Crippen molar-refractivity contribution in [1.29, 1.82) is 0 Å². The van der Waals surface area contributed by atoms with E-state index in [4.69, 9.17) is 4.74 Å². The van der Waals surface area contributed by atoms with Crippen molar-refractivity contribution in [3.63, 3.8) is 0 Å². The number of rotatable bonds is 6. The SMILES string of the molecule is C=CCOCC(C)(C)CNC(C)(C)C. The van der Waals surface area contributed by atoms with Gasteiger partial charge in [-0.25, -0.2) is 0 Å². The van der Waals surface area contributed by atoms with Gasteiger partial charge in [-0.1, -0.05) is 19.9 Å². The van der Waals surface area contributed by atoms with E-state index in [1.807, 2.05) is 0 Å². The van der Waals surface area contributed by atoms with E-state index in [0.717, 1.165) is 13.2 Å². The molecule has 2 heteroatoms. The Hall–Kier alpha value is -0.340. The Labute approximate surface area is 88.7 Å². The highest BCUT2D eigenvalue weighted by molar-refractivity contribution is 4.78. The fraction of sp³-hybridized carbons (Fsp3) is 0.833. The third-order valence-electron chi connectivity index (χ3n) is 1.83. The summed E-state index contributed by atoms with van der Waals surface area (Å²) in [5.41, 5.74) is 0.353. The normalized spacial score (nSPS) is 12.9. The van der Waals surface area contributed by atoms with Gasteiger partial charge < -0.3 is 10.1 Å². The van der Waals surface area contributed by atoms with Gasteiger partial charge in [-0.05, 0) is 20.8 Å². The largest absolute Gasteiger partial charge is 0.377 e. The molecule has 0 radical (unpaired) electrons. The summed E-state index contributed by atoms with van der Waals surface area (Å²) < 4.78 is 5.45. The second kappa shape index (κ2) is 5.52. The van der Waals surface area contributed by atoms with Crippen LogP contribution in [-0.4, -0.2) is 25.3 Å². The van der Waals surface area contributed by atoms with Crippen molar-refractivity contribution in [3.05, 3.63) is 12.7 Å². The van der Waals surface area contributed by atoms with E-state index in [-0.39, 0.29) is 11.0 Å². The van der Waals surface area contributed by atoms with Crippen molar-refractivity contribution in [1.82, 2.24) is 5.32 Å². The maximum Gasteiger partial charge on any atom is 0.0645 e. The van der Waals surface area contributed by atoms with Crippen molar-refractivity contribution in [2.45, 2.75) is 40.2 Å². The summed E-state index contributed by atoms with van der Waals surface area (Å²) in [6.07, 6.45) is 1.78. The van der Waals surface area contributed by atoms with Crippen molar-refractivity contribution in [2.75, 3.05) is 19.8 Å². The van der Waals surface area contributed by atoms with Crippen LogP contribution >= 0.6 is 0 Å². The molecule has 0 aliphatic carbocycles. The number of nitrogens with one attached hydrogen (secondary N) is 1. The standard InChI is InChI=1S/C12H25NO/c1-7-8-14-10-12(5,6)9-13-11(2,3)4/h7,13H,1,8-10H2,2-6H3. The predicted octanol–water partition coefficient (Wildman–Crippen LogP) is 2.60. The Morgan fingerprint density at radius 3 is 2.21 bits per heavy atom. The number of hydrogen-bond acceptors (Lipinski definition) is 2. The lowest BCUT2D eigenvalue weighted by molar-refractivity contribution is 0.0764. The molecule has 84 valence electrons. The lowest BCUT2D eigenvalue weighted by atomic mass is 9.93. The van der Waals surface area contributed by atoms with E-state index in [0.29, 0.717) is 6.61 Å². The minimum atomic E-state index is 0.176. The Balaban J connectivity index is 3.77. The van der Waals surface area contributed by atoms with Gasteiger partial charge in [-0.3, -0.25) is 0 Å². The zero-order chi connectivity index (χ0) is 11.2. The van der Waals surface area contributed by atoms with E-state index < -0.39 is 0 Å². The van der Waals surface area contributed by atoms with E-state index in [1.165, 1.54) is 0 Å². The third kappa shape index (κ3) is 8.27. The molecular weight excluding hydrogens is 174 g/mol. The molecule has 0 aromatic rings. The summed E-state index contributed by atoms with van der Waals surface area (Å²) >= 11 is 0. The predicted molar refractivity (Wildman–Crippen MR) is 62.6 cm³/mol. The molecule has 0 spiro atoms. The van der Waals surface area contributed by atoms with E-state index in [1.54, 1.807) is 6.08 Å². The molecule has 0 aromatic carbocycles. The van der Waals surface area contributed by atoms with Crippen LogP contribution in [0.5, 0.6) is 0 Å². The third-order valence-corrected chi connectivity index (χ3v) is 1.83. The molecule has 0 rings (SSSR count). The van der Waals surface area contributed by atoms with Crippen LogP contribution in [0.2, 0.25) is 0 Å². The zero-order valence-electron chi connectivity index (χ0n) is 10.3. The Morgan fingerprint density at radius 1 is 1.21 bits per heavy atom. The van der Waals surface area contributed by atoms with Gasteiger partial charge in [0.15, 0.2) is 0 Å². The average molecular weight is 199 g/mol. The van der Waals surface area contributed by atoms with Gasteiger partial charge in [0, 0.05) is 17.5 Å². The summed E-state index contributed by atoms with van der Waals surface area (Å²) in [6, 6.07) is 0. The topological polar surface area (TPSA) is 21.3 Å². The molecule has 0 aliphatic rings. The van der Waals surface area contributed by atoms with Gasteiger partial charge in [-0.15, -0.1) is 6.58 Å².